The van der Waals surface area contributed by atoms with Crippen molar-refractivity contribution < 1.29 is 4.79 Å². The zero-order valence-corrected chi connectivity index (χ0v) is 11.8. The van der Waals surface area contributed by atoms with E-state index in [1.165, 1.54) is 0 Å². The summed E-state index contributed by atoms with van der Waals surface area (Å²) in [4.78, 5) is 16.0. The van der Waals surface area contributed by atoms with Crippen LogP contribution in [0, 0.1) is 13.8 Å². The third-order valence-electron chi connectivity index (χ3n) is 2.87. The van der Waals surface area contributed by atoms with Crippen molar-refractivity contribution in [3.63, 3.8) is 0 Å². The second-order valence-electron chi connectivity index (χ2n) is 4.83. The van der Waals surface area contributed by atoms with E-state index in [2.05, 4.69) is 21.7 Å². The molecule has 0 saturated carbocycles. The molecular formula is C16H19N3O. The van der Waals surface area contributed by atoms with Gasteiger partial charge in [0.1, 0.15) is 0 Å². The lowest BCUT2D eigenvalue weighted by atomic mass is 10.1. The van der Waals surface area contributed by atoms with E-state index >= 15 is 0 Å². The van der Waals surface area contributed by atoms with Gasteiger partial charge in [-0.15, -0.1) is 0 Å². The molecule has 1 aromatic carbocycles. The molecule has 20 heavy (non-hydrogen) atoms. The van der Waals surface area contributed by atoms with Crippen molar-refractivity contribution in [2.24, 2.45) is 0 Å². The van der Waals surface area contributed by atoms with E-state index in [9.17, 15) is 4.79 Å². The Balaban J connectivity index is 1.81. The van der Waals surface area contributed by atoms with Gasteiger partial charge in [-0.1, -0.05) is 12.1 Å². The number of urea groups is 1. The molecule has 2 amide bonds. The van der Waals surface area contributed by atoms with Crippen LogP contribution in [-0.2, 0) is 6.42 Å². The second-order valence-corrected chi connectivity index (χ2v) is 4.83. The highest BCUT2D eigenvalue weighted by Gasteiger charge is 2.02. The van der Waals surface area contributed by atoms with Crippen molar-refractivity contribution in [1.82, 2.24) is 10.3 Å². The number of amides is 2. The highest BCUT2D eigenvalue weighted by atomic mass is 16.2. The first-order chi connectivity index (χ1) is 9.63. The molecule has 0 spiro atoms. The number of hydrogen-bond acceptors (Lipinski definition) is 2. The lowest BCUT2D eigenvalue weighted by Gasteiger charge is -2.09. The maximum Gasteiger partial charge on any atom is 0.319 e. The fourth-order valence-corrected chi connectivity index (χ4v) is 2.07. The Morgan fingerprint density at radius 2 is 1.90 bits per heavy atom. The normalized spacial score (nSPS) is 10.1. The molecule has 0 aliphatic rings. The van der Waals surface area contributed by atoms with Gasteiger partial charge in [0.05, 0.1) is 0 Å². The van der Waals surface area contributed by atoms with E-state index < -0.39 is 0 Å². The van der Waals surface area contributed by atoms with Gasteiger partial charge in [0, 0.05) is 30.5 Å². The number of hydrogen-bond donors (Lipinski definition) is 2. The second kappa shape index (κ2) is 6.70. The number of carbonyl (C=O) groups is 1. The monoisotopic (exact) mass is 269 g/mol. The number of benzene rings is 1. The minimum atomic E-state index is -0.189. The SMILES string of the molecule is Cc1cc(C)cc(NC(=O)NCCc2ccccn2)c1. The van der Waals surface area contributed by atoms with Gasteiger partial charge in [-0.2, -0.15) is 0 Å². The van der Waals surface area contributed by atoms with Crippen LogP contribution in [0.2, 0.25) is 0 Å². The standard InChI is InChI=1S/C16H19N3O/c1-12-9-13(2)11-15(10-12)19-16(20)18-8-6-14-5-3-4-7-17-14/h3-5,7,9-11H,6,8H2,1-2H3,(H2,18,19,20). The quantitative estimate of drug-likeness (QED) is 0.896. The number of nitrogens with one attached hydrogen (secondary N) is 2. The fourth-order valence-electron chi connectivity index (χ4n) is 2.07. The summed E-state index contributed by atoms with van der Waals surface area (Å²) in [5.41, 5.74) is 4.06. The van der Waals surface area contributed by atoms with Crippen molar-refractivity contribution in [3.05, 3.63) is 59.4 Å². The van der Waals surface area contributed by atoms with Crippen LogP contribution in [0.25, 0.3) is 0 Å². The van der Waals surface area contributed by atoms with E-state index in [4.69, 9.17) is 0 Å². The van der Waals surface area contributed by atoms with Crippen LogP contribution in [-0.4, -0.2) is 17.6 Å². The van der Waals surface area contributed by atoms with Crippen LogP contribution in [0.1, 0.15) is 16.8 Å². The number of carbonyl (C=O) groups excluding carboxylic acids is 1. The highest BCUT2D eigenvalue weighted by Crippen LogP contribution is 2.13. The van der Waals surface area contributed by atoms with Gasteiger partial charge in [-0.05, 0) is 49.2 Å². The van der Waals surface area contributed by atoms with Crippen molar-refractivity contribution in [2.45, 2.75) is 20.3 Å². The first-order valence-corrected chi connectivity index (χ1v) is 6.66. The predicted octanol–water partition coefficient (Wildman–Crippen LogP) is 3.06. The van der Waals surface area contributed by atoms with Gasteiger partial charge >= 0.3 is 6.03 Å². The molecule has 0 aliphatic carbocycles. The summed E-state index contributed by atoms with van der Waals surface area (Å²) in [6.07, 6.45) is 2.48. The van der Waals surface area contributed by atoms with Crippen LogP contribution in [0.4, 0.5) is 10.5 Å². The summed E-state index contributed by atoms with van der Waals surface area (Å²) < 4.78 is 0. The molecule has 104 valence electrons. The number of anilines is 1. The largest absolute Gasteiger partial charge is 0.337 e. The Morgan fingerprint density at radius 3 is 2.55 bits per heavy atom. The zero-order valence-electron chi connectivity index (χ0n) is 11.8. The first kappa shape index (κ1) is 14.1. The molecule has 0 unspecified atom stereocenters. The highest BCUT2D eigenvalue weighted by molar-refractivity contribution is 5.89. The Kier molecular flexibility index (Phi) is 4.71. The number of pyridine rings is 1. The molecular weight excluding hydrogens is 250 g/mol. The molecule has 2 aromatic rings. The maximum atomic E-state index is 11.8. The molecule has 2 N–H and O–H groups in total. The maximum absolute atomic E-state index is 11.8. The molecule has 4 heteroatoms. The summed E-state index contributed by atoms with van der Waals surface area (Å²) in [6, 6.07) is 11.6. The van der Waals surface area contributed by atoms with Gasteiger partial charge in [0.25, 0.3) is 0 Å². The van der Waals surface area contributed by atoms with Crippen LogP contribution >= 0.6 is 0 Å². The fraction of sp³-hybridized carbons (Fsp3) is 0.250. The lowest BCUT2D eigenvalue weighted by Crippen LogP contribution is -2.30. The molecule has 4 nitrogen and oxygen atoms in total. The third-order valence-corrected chi connectivity index (χ3v) is 2.87. The number of aryl methyl sites for hydroxylation is 2. The molecule has 0 saturated heterocycles. The minimum absolute atomic E-state index is 0.189. The average molecular weight is 269 g/mol. The van der Waals surface area contributed by atoms with Gasteiger partial charge < -0.3 is 10.6 Å². The zero-order chi connectivity index (χ0) is 14.4. The van der Waals surface area contributed by atoms with Crippen molar-refractivity contribution in [2.75, 3.05) is 11.9 Å². The molecule has 0 radical (unpaired) electrons. The summed E-state index contributed by atoms with van der Waals surface area (Å²) in [5, 5.41) is 5.67. The predicted molar refractivity (Wildman–Crippen MR) is 80.9 cm³/mol. The van der Waals surface area contributed by atoms with Gasteiger partial charge in [-0.25, -0.2) is 4.79 Å². The molecule has 1 aromatic heterocycles. The van der Waals surface area contributed by atoms with Crippen LogP contribution < -0.4 is 10.6 Å². The first-order valence-electron chi connectivity index (χ1n) is 6.66. The Morgan fingerprint density at radius 1 is 1.15 bits per heavy atom. The summed E-state index contributed by atoms with van der Waals surface area (Å²) in [5.74, 6) is 0. The smallest absolute Gasteiger partial charge is 0.319 e. The van der Waals surface area contributed by atoms with Crippen molar-refractivity contribution in [1.29, 1.82) is 0 Å². The molecule has 2 rings (SSSR count). The molecule has 1 heterocycles. The van der Waals surface area contributed by atoms with Gasteiger partial charge in [0.15, 0.2) is 0 Å². The Bertz CT molecular complexity index is 561. The van der Waals surface area contributed by atoms with E-state index in [-0.39, 0.29) is 6.03 Å². The van der Waals surface area contributed by atoms with Crippen LogP contribution in [0.5, 0.6) is 0 Å². The molecule has 0 fully saturated rings. The average Bonchev–Trinajstić information content (AvgIpc) is 2.38. The molecule has 0 bridgehead atoms. The van der Waals surface area contributed by atoms with Gasteiger partial charge in [0.2, 0.25) is 0 Å². The van der Waals surface area contributed by atoms with Crippen molar-refractivity contribution >= 4 is 11.7 Å². The summed E-state index contributed by atoms with van der Waals surface area (Å²) in [7, 11) is 0. The van der Waals surface area contributed by atoms with Crippen LogP contribution in [0.3, 0.4) is 0 Å². The summed E-state index contributed by atoms with van der Waals surface area (Å²) in [6.45, 7) is 4.59. The number of nitrogens with zero attached hydrogens (tertiary/aromatic N) is 1. The van der Waals surface area contributed by atoms with Crippen LogP contribution in [0.15, 0.2) is 42.6 Å². The van der Waals surface area contributed by atoms with Crippen molar-refractivity contribution in [3.8, 4) is 0 Å². The Hall–Kier alpha value is -2.36. The molecule has 0 atom stereocenters. The van der Waals surface area contributed by atoms with E-state index in [1.807, 2.05) is 44.2 Å². The minimum Gasteiger partial charge on any atom is -0.337 e. The Labute approximate surface area is 119 Å². The van der Waals surface area contributed by atoms with E-state index in [0.29, 0.717) is 6.54 Å². The molecule has 0 aliphatic heterocycles. The third kappa shape index (κ3) is 4.39. The van der Waals surface area contributed by atoms with E-state index in [0.717, 1.165) is 28.9 Å². The summed E-state index contributed by atoms with van der Waals surface area (Å²) >= 11 is 0. The van der Waals surface area contributed by atoms with Gasteiger partial charge in [-0.3, -0.25) is 4.98 Å². The van der Waals surface area contributed by atoms with E-state index in [1.54, 1.807) is 6.20 Å². The topological polar surface area (TPSA) is 54.0 Å². The number of aromatic nitrogens is 1. The number of rotatable bonds is 4. The lowest BCUT2D eigenvalue weighted by molar-refractivity contribution is 0.252.